The van der Waals surface area contributed by atoms with Gasteiger partial charge in [-0.1, -0.05) is 6.92 Å². The Morgan fingerprint density at radius 3 is 2.50 bits per heavy atom. The van der Waals surface area contributed by atoms with Gasteiger partial charge in [0.05, 0.1) is 5.54 Å². The number of nitrogens with zero attached hydrogens (tertiary/aromatic N) is 2. The molecular formula is C15H30N4O. The van der Waals surface area contributed by atoms with Gasteiger partial charge in [-0.15, -0.1) is 0 Å². The number of carbonyl (C=O) groups excluding carboxylic acids is 1. The van der Waals surface area contributed by atoms with Crippen LogP contribution in [0, 0.1) is 0 Å². The molecule has 1 saturated carbocycles. The van der Waals surface area contributed by atoms with E-state index in [1.807, 2.05) is 0 Å². The fraction of sp³-hybridized carbons (Fsp3) is 0.933. The molecule has 0 aromatic carbocycles. The first kappa shape index (κ1) is 15.7. The Kier molecular flexibility index (Phi) is 5.04. The Bertz CT molecular complexity index is 339. The van der Waals surface area contributed by atoms with E-state index in [2.05, 4.69) is 35.9 Å². The van der Waals surface area contributed by atoms with Crippen LogP contribution >= 0.6 is 0 Å². The van der Waals surface area contributed by atoms with Crippen LogP contribution in [-0.2, 0) is 4.79 Å². The second-order valence-corrected chi connectivity index (χ2v) is 6.61. The summed E-state index contributed by atoms with van der Waals surface area (Å²) in [5.74, 6) is -0.180. The lowest BCUT2D eigenvalue weighted by molar-refractivity contribution is -0.124. The summed E-state index contributed by atoms with van der Waals surface area (Å²) in [5.41, 5.74) is 5.20. The summed E-state index contributed by atoms with van der Waals surface area (Å²) >= 11 is 0. The molecule has 1 amide bonds. The molecule has 0 aromatic heterocycles. The summed E-state index contributed by atoms with van der Waals surface area (Å²) in [7, 11) is 0. The molecule has 2 unspecified atom stereocenters. The van der Waals surface area contributed by atoms with Gasteiger partial charge in [-0.3, -0.25) is 9.69 Å². The van der Waals surface area contributed by atoms with Gasteiger partial charge in [0.15, 0.2) is 0 Å². The topological polar surface area (TPSA) is 61.6 Å². The van der Waals surface area contributed by atoms with Gasteiger partial charge < -0.3 is 16.0 Å². The monoisotopic (exact) mass is 282 g/mol. The van der Waals surface area contributed by atoms with Crippen LogP contribution in [0.25, 0.3) is 0 Å². The third kappa shape index (κ3) is 3.32. The molecule has 0 aromatic rings. The first-order valence-electron chi connectivity index (χ1n) is 8.01. The Balaban J connectivity index is 1.95. The third-order valence-corrected chi connectivity index (χ3v) is 4.90. The van der Waals surface area contributed by atoms with Crippen molar-refractivity contribution < 1.29 is 4.79 Å². The smallest absolute Gasteiger partial charge is 0.237 e. The lowest BCUT2D eigenvalue weighted by Crippen LogP contribution is -2.57. The number of nitrogens with two attached hydrogens (primary N) is 1. The van der Waals surface area contributed by atoms with Crippen molar-refractivity contribution in [2.75, 3.05) is 32.7 Å². The van der Waals surface area contributed by atoms with E-state index in [0.29, 0.717) is 6.04 Å². The SMILES string of the molecule is CCN1CCN(C2CCC(NC(C)C)(C(N)=O)C2)CC1. The van der Waals surface area contributed by atoms with Crippen molar-refractivity contribution in [2.45, 2.75) is 57.7 Å². The number of hydrogen-bond donors (Lipinski definition) is 2. The van der Waals surface area contributed by atoms with E-state index in [1.165, 1.54) is 0 Å². The molecule has 2 aliphatic rings. The number of amides is 1. The summed E-state index contributed by atoms with van der Waals surface area (Å²) in [4.78, 5) is 17.0. The van der Waals surface area contributed by atoms with Gasteiger partial charge in [0, 0.05) is 38.3 Å². The van der Waals surface area contributed by atoms with E-state index < -0.39 is 5.54 Å². The zero-order valence-electron chi connectivity index (χ0n) is 13.2. The van der Waals surface area contributed by atoms with Gasteiger partial charge in [-0.05, 0) is 39.7 Å². The van der Waals surface area contributed by atoms with Crippen LogP contribution in [0.2, 0.25) is 0 Å². The summed E-state index contributed by atoms with van der Waals surface area (Å²) in [6, 6.07) is 0.797. The summed E-state index contributed by atoms with van der Waals surface area (Å²) in [6.07, 6.45) is 2.82. The van der Waals surface area contributed by atoms with Gasteiger partial charge in [-0.25, -0.2) is 0 Å². The van der Waals surface area contributed by atoms with Gasteiger partial charge in [0.1, 0.15) is 0 Å². The highest BCUT2D eigenvalue weighted by Crippen LogP contribution is 2.34. The van der Waals surface area contributed by atoms with Crippen molar-refractivity contribution in [3.8, 4) is 0 Å². The fourth-order valence-electron chi connectivity index (χ4n) is 3.75. The number of likely N-dealkylation sites (N-methyl/N-ethyl adjacent to an activating group) is 1. The molecule has 2 atom stereocenters. The van der Waals surface area contributed by atoms with Crippen LogP contribution in [-0.4, -0.2) is 66.1 Å². The van der Waals surface area contributed by atoms with Crippen molar-refractivity contribution in [1.82, 2.24) is 15.1 Å². The van der Waals surface area contributed by atoms with Crippen molar-refractivity contribution in [2.24, 2.45) is 5.73 Å². The molecule has 20 heavy (non-hydrogen) atoms. The van der Waals surface area contributed by atoms with Crippen LogP contribution in [0.5, 0.6) is 0 Å². The Morgan fingerprint density at radius 1 is 1.35 bits per heavy atom. The van der Waals surface area contributed by atoms with Gasteiger partial charge in [-0.2, -0.15) is 0 Å². The minimum absolute atomic E-state index is 0.180. The Hall–Kier alpha value is -0.650. The van der Waals surface area contributed by atoms with E-state index in [0.717, 1.165) is 52.0 Å². The minimum atomic E-state index is -0.485. The standard InChI is InChI=1S/C15H30N4O/c1-4-18-7-9-19(10-8-18)13-5-6-15(11-13,14(16)20)17-12(2)3/h12-13,17H,4-11H2,1-3H3,(H2,16,20). The van der Waals surface area contributed by atoms with Crippen molar-refractivity contribution >= 4 is 5.91 Å². The van der Waals surface area contributed by atoms with E-state index >= 15 is 0 Å². The highest BCUT2D eigenvalue weighted by atomic mass is 16.1. The summed E-state index contributed by atoms with van der Waals surface area (Å²) < 4.78 is 0. The maximum absolute atomic E-state index is 11.9. The molecule has 3 N–H and O–H groups in total. The van der Waals surface area contributed by atoms with Crippen LogP contribution in [0.15, 0.2) is 0 Å². The number of piperazine rings is 1. The minimum Gasteiger partial charge on any atom is -0.368 e. The first-order chi connectivity index (χ1) is 9.47. The molecule has 0 spiro atoms. The van der Waals surface area contributed by atoms with Crippen molar-refractivity contribution in [3.63, 3.8) is 0 Å². The van der Waals surface area contributed by atoms with E-state index in [9.17, 15) is 4.79 Å². The highest BCUT2D eigenvalue weighted by Gasteiger charge is 2.46. The van der Waals surface area contributed by atoms with Crippen LogP contribution in [0.3, 0.4) is 0 Å². The van der Waals surface area contributed by atoms with Gasteiger partial charge in [0.2, 0.25) is 5.91 Å². The second kappa shape index (κ2) is 6.41. The second-order valence-electron chi connectivity index (χ2n) is 6.61. The largest absolute Gasteiger partial charge is 0.368 e. The third-order valence-electron chi connectivity index (χ3n) is 4.90. The Morgan fingerprint density at radius 2 is 2.00 bits per heavy atom. The molecule has 5 nitrogen and oxygen atoms in total. The fourth-order valence-corrected chi connectivity index (χ4v) is 3.75. The zero-order chi connectivity index (χ0) is 14.8. The molecule has 1 aliphatic carbocycles. The average Bonchev–Trinajstić information content (AvgIpc) is 2.83. The maximum Gasteiger partial charge on any atom is 0.237 e. The molecule has 5 heteroatoms. The number of nitrogens with one attached hydrogen (secondary N) is 1. The first-order valence-corrected chi connectivity index (χ1v) is 8.01. The average molecular weight is 282 g/mol. The maximum atomic E-state index is 11.9. The van der Waals surface area contributed by atoms with Crippen LogP contribution in [0.4, 0.5) is 0 Å². The van der Waals surface area contributed by atoms with E-state index in [1.54, 1.807) is 0 Å². The van der Waals surface area contributed by atoms with Crippen LogP contribution < -0.4 is 11.1 Å². The van der Waals surface area contributed by atoms with Gasteiger partial charge >= 0.3 is 0 Å². The predicted octanol–water partition coefficient (Wildman–Crippen LogP) is 0.399. The summed E-state index contributed by atoms with van der Waals surface area (Å²) in [5, 5.41) is 3.43. The summed E-state index contributed by atoms with van der Waals surface area (Å²) in [6.45, 7) is 12.1. The van der Waals surface area contributed by atoms with E-state index in [4.69, 9.17) is 5.73 Å². The lowest BCUT2D eigenvalue weighted by atomic mass is 9.95. The molecule has 1 saturated heterocycles. The highest BCUT2D eigenvalue weighted by molar-refractivity contribution is 5.85. The number of hydrogen-bond acceptors (Lipinski definition) is 4. The zero-order valence-corrected chi connectivity index (χ0v) is 13.2. The van der Waals surface area contributed by atoms with Crippen LogP contribution in [0.1, 0.15) is 40.0 Å². The number of rotatable bonds is 5. The Labute approximate surface area is 122 Å². The molecule has 1 aliphatic heterocycles. The molecule has 116 valence electrons. The molecule has 2 rings (SSSR count). The van der Waals surface area contributed by atoms with Crippen molar-refractivity contribution in [1.29, 1.82) is 0 Å². The quantitative estimate of drug-likeness (QED) is 0.766. The normalized spacial score (nSPS) is 32.9. The molecule has 0 bridgehead atoms. The molecule has 1 heterocycles. The lowest BCUT2D eigenvalue weighted by Gasteiger charge is -2.38. The molecular weight excluding hydrogens is 252 g/mol. The molecule has 0 radical (unpaired) electrons. The van der Waals surface area contributed by atoms with E-state index in [-0.39, 0.29) is 11.9 Å². The van der Waals surface area contributed by atoms with Crippen molar-refractivity contribution in [3.05, 3.63) is 0 Å². The number of primary amides is 1. The molecule has 2 fully saturated rings. The number of carbonyl (C=O) groups is 1. The van der Waals surface area contributed by atoms with Gasteiger partial charge in [0.25, 0.3) is 0 Å². The predicted molar refractivity (Wildman–Crippen MR) is 81.5 cm³/mol.